The molecule has 2 fully saturated rings. The molecule has 1 aromatic rings. The molecule has 4 heteroatoms. The van der Waals surface area contributed by atoms with Crippen LogP contribution in [0, 0.1) is 17.7 Å². The lowest BCUT2D eigenvalue weighted by Gasteiger charge is -2.42. The average molecular weight is 391 g/mol. The predicted octanol–water partition coefficient (Wildman–Crippen LogP) is 7.43. The first-order valence-electron chi connectivity index (χ1n) is 11.3. The summed E-state index contributed by atoms with van der Waals surface area (Å²) in [5.41, 5.74) is -0.391. The molecule has 2 saturated carbocycles. The number of unbranched alkanes of at least 4 members (excludes halogenated alkanes) is 2. The van der Waals surface area contributed by atoms with Gasteiger partial charge >= 0.3 is 6.16 Å². The Labute approximate surface area is 169 Å². The largest absolute Gasteiger partial charge is 0.514 e. The summed E-state index contributed by atoms with van der Waals surface area (Å²) >= 11 is 0. The standard InChI is InChI=1S/C24H35FO3/c1-2-3-7-16-24(28-23(26)27-22-12-10-21(25)11-13-22)17-14-20(15-18-24)19-8-5-4-6-9-19/h10-13,19-20H,2-9,14-18H2,1H3/t20-,24+. The highest BCUT2D eigenvalue weighted by Gasteiger charge is 2.40. The molecule has 0 N–H and O–H groups in total. The molecular formula is C24H35FO3. The zero-order chi connectivity index (χ0) is 19.8. The quantitative estimate of drug-likeness (QED) is 0.276. The van der Waals surface area contributed by atoms with Gasteiger partial charge in [0.1, 0.15) is 17.2 Å². The van der Waals surface area contributed by atoms with E-state index in [1.807, 2.05) is 0 Å². The van der Waals surface area contributed by atoms with Crippen molar-refractivity contribution in [1.82, 2.24) is 0 Å². The number of halogens is 1. The lowest BCUT2D eigenvalue weighted by Crippen LogP contribution is -2.41. The molecule has 0 aliphatic heterocycles. The second kappa shape index (κ2) is 10.3. The highest BCUT2D eigenvalue weighted by atomic mass is 19.1. The highest BCUT2D eigenvalue weighted by molar-refractivity contribution is 5.64. The van der Waals surface area contributed by atoms with Gasteiger partial charge in [-0.25, -0.2) is 9.18 Å². The third kappa shape index (κ3) is 5.96. The summed E-state index contributed by atoms with van der Waals surface area (Å²) in [5, 5.41) is 0. The molecule has 0 saturated heterocycles. The van der Waals surface area contributed by atoms with Crippen LogP contribution in [-0.2, 0) is 4.74 Å². The van der Waals surface area contributed by atoms with Gasteiger partial charge in [-0.2, -0.15) is 0 Å². The van der Waals surface area contributed by atoms with E-state index in [4.69, 9.17) is 9.47 Å². The molecular weight excluding hydrogens is 355 g/mol. The van der Waals surface area contributed by atoms with Crippen LogP contribution >= 0.6 is 0 Å². The molecule has 0 heterocycles. The van der Waals surface area contributed by atoms with Gasteiger partial charge in [0, 0.05) is 0 Å². The molecule has 0 radical (unpaired) electrons. The normalized spacial score (nSPS) is 26.0. The van der Waals surface area contributed by atoms with Gasteiger partial charge in [-0.1, -0.05) is 51.9 Å². The maximum absolute atomic E-state index is 13.0. The number of carbonyl (C=O) groups excluding carboxylic acids is 1. The third-order valence-electron chi connectivity index (χ3n) is 6.81. The Morgan fingerprint density at radius 3 is 2.29 bits per heavy atom. The fourth-order valence-corrected chi connectivity index (χ4v) is 5.14. The van der Waals surface area contributed by atoms with Crippen molar-refractivity contribution in [1.29, 1.82) is 0 Å². The van der Waals surface area contributed by atoms with Gasteiger partial charge in [0.05, 0.1) is 0 Å². The van der Waals surface area contributed by atoms with Crippen molar-refractivity contribution in [2.45, 2.75) is 96.0 Å². The van der Waals surface area contributed by atoms with E-state index < -0.39 is 11.8 Å². The number of rotatable bonds is 7. The molecule has 3 rings (SSSR count). The Balaban J connectivity index is 1.58. The number of hydrogen-bond acceptors (Lipinski definition) is 3. The van der Waals surface area contributed by atoms with Gasteiger partial charge in [-0.05, 0) is 74.6 Å². The van der Waals surface area contributed by atoms with Crippen molar-refractivity contribution in [3.8, 4) is 5.75 Å². The summed E-state index contributed by atoms with van der Waals surface area (Å²) < 4.78 is 24.3. The molecule has 0 bridgehead atoms. The van der Waals surface area contributed by atoms with Crippen LogP contribution in [0.5, 0.6) is 5.75 Å². The minimum Gasteiger partial charge on any atom is -0.427 e. The van der Waals surface area contributed by atoms with Crippen LogP contribution in [0.2, 0.25) is 0 Å². The molecule has 1 aromatic carbocycles. The Hall–Kier alpha value is -1.58. The second-order valence-corrected chi connectivity index (χ2v) is 8.78. The molecule has 2 aliphatic carbocycles. The van der Waals surface area contributed by atoms with Gasteiger partial charge in [0.15, 0.2) is 0 Å². The molecule has 3 nitrogen and oxygen atoms in total. The van der Waals surface area contributed by atoms with Crippen LogP contribution in [0.25, 0.3) is 0 Å². The topological polar surface area (TPSA) is 35.5 Å². The molecule has 0 spiro atoms. The molecule has 0 aromatic heterocycles. The molecule has 156 valence electrons. The van der Waals surface area contributed by atoms with E-state index in [1.165, 1.54) is 56.4 Å². The number of carbonyl (C=O) groups is 1. The summed E-state index contributed by atoms with van der Waals surface area (Å²) in [7, 11) is 0. The van der Waals surface area contributed by atoms with Crippen molar-refractivity contribution in [2.24, 2.45) is 11.8 Å². The van der Waals surface area contributed by atoms with Gasteiger partial charge in [0.2, 0.25) is 0 Å². The van der Waals surface area contributed by atoms with Crippen LogP contribution in [0.15, 0.2) is 24.3 Å². The first-order valence-corrected chi connectivity index (χ1v) is 11.3. The second-order valence-electron chi connectivity index (χ2n) is 8.78. The number of hydrogen-bond donors (Lipinski definition) is 0. The van der Waals surface area contributed by atoms with E-state index >= 15 is 0 Å². The average Bonchev–Trinajstić information content (AvgIpc) is 2.71. The fourth-order valence-electron chi connectivity index (χ4n) is 5.14. The van der Waals surface area contributed by atoms with Crippen LogP contribution in [0.3, 0.4) is 0 Å². The van der Waals surface area contributed by atoms with Gasteiger partial charge < -0.3 is 9.47 Å². The van der Waals surface area contributed by atoms with E-state index in [-0.39, 0.29) is 5.82 Å². The van der Waals surface area contributed by atoms with Crippen molar-refractivity contribution < 1.29 is 18.7 Å². The third-order valence-corrected chi connectivity index (χ3v) is 6.81. The van der Waals surface area contributed by atoms with E-state index in [0.717, 1.165) is 63.2 Å². The van der Waals surface area contributed by atoms with Crippen molar-refractivity contribution in [3.63, 3.8) is 0 Å². The van der Waals surface area contributed by atoms with Crippen molar-refractivity contribution in [2.75, 3.05) is 0 Å². The summed E-state index contributed by atoms with van der Waals surface area (Å²) in [6, 6.07) is 5.49. The Bertz CT molecular complexity index is 599. The first-order chi connectivity index (χ1) is 13.6. The molecule has 0 atom stereocenters. The lowest BCUT2D eigenvalue weighted by molar-refractivity contribution is -0.0584. The monoisotopic (exact) mass is 390 g/mol. The van der Waals surface area contributed by atoms with Crippen LogP contribution < -0.4 is 4.74 Å². The summed E-state index contributed by atoms with van der Waals surface area (Å²) in [6.45, 7) is 2.19. The minimum absolute atomic E-state index is 0.325. The van der Waals surface area contributed by atoms with Crippen LogP contribution in [-0.4, -0.2) is 11.8 Å². The number of benzene rings is 1. The van der Waals surface area contributed by atoms with Gasteiger partial charge in [0.25, 0.3) is 0 Å². The van der Waals surface area contributed by atoms with Gasteiger partial charge in [-0.3, -0.25) is 0 Å². The summed E-state index contributed by atoms with van der Waals surface area (Å²) in [4.78, 5) is 12.4. The fraction of sp³-hybridized carbons (Fsp3) is 0.708. The number of ether oxygens (including phenoxy) is 2. The van der Waals surface area contributed by atoms with Gasteiger partial charge in [-0.15, -0.1) is 0 Å². The van der Waals surface area contributed by atoms with E-state index in [9.17, 15) is 9.18 Å². The Morgan fingerprint density at radius 2 is 1.64 bits per heavy atom. The molecule has 0 unspecified atom stereocenters. The smallest absolute Gasteiger partial charge is 0.427 e. The van der Waals surface area contributed by atoms with E-state index in [2.05, 4.69) is 6.92 Å². The first kappa shape index (κ1) is 21.1. The highest BCUT2D eigenvalue weighted by Crippen LogP contribution is 2.44. The Morgan fingerprint density at radius 1 is 1.00 bits per heavy atom. The maximum Gasteiger partial charge on any atom is 0.514 e. The maximum atomic E-state index is 13.0. The molecule has 0 amide bonds. The minimum atomic E-state index is -0.653. The lowest BCUT2D eigenvalue weighted by atomic mass is 9.68. The summed E-state index contributed by atoms with van der Waals surface area (Å²) in [5.74, 6) is 1.63. The zero-order valence-electron chi connectivity index (χ0n) is 17.3. The molecule has 28 heavy (non-hydrogen) atoms. The SMILES string of the molecule is CCCCC[C@]1(OC(=O)Oc2ccc(F)cc2)CC[C@@H](C2CCCCC2)CC1. The van der Waals surface area contributed by atoms with Crippen LogP contribution in [0.4, 0.5) is 9.18 Å². The predicted molar refractivity (Wildman–Crippen MR) is 109 cm³/mol. The zero-order valence-corrected chi connectivity index (χ0v) is 17.3. The molecule has 2 aliphatic rings. The Kier molecular flexibility index (Phi) is 7.75. The van der Waals surface area contributed by atoms with Crippen molar-refractivity contribution >= 4 is 6.16 Å². The van der Waals surface area contributed by atoms with E-state index in [1.54, 1.807) is 0 Å². The van der Waals surface area contributed by atoms with E-state index in [0.29, 0.717) is 5.75 Å². The van der Waals surface area contributed by atoms with Crippen molar-refractivity contribution in [3.05, 3.63) is 30.1 Å². The van der Waals surface area contributed by atoms with Crippen LogP contribution in [0.1, 0.15) is 90.4 Å². The summed E-state index contributed by atoms with van der Waals surface area (Å²) in [6.07, 6.45) is 14.7.